The first-order chi connectivity index (χ1) is 13.5. The van der Waals surface area contributed by atoms with Crippen LogP contribution >= 0.6 is 11.3 Å². The summed E-state index contributed by atoms with van der Waals surface area (Å²) in [5, 5.41) is 0. The molecule has 0 saturated heterocycles. The third-order valence-corrected chi connectivity index (χ3v) is 6.54. The molecule has 1 N–H and O–H groups in total. The smallest absolute Gasteiger partial charge is 0.146 e. The topological polar surface area (TPSA) is 54.9 Å². The van der Waals surface area contributed by atoms with Gasteiger partial charge in [0.15, 0.2) is 0 Å². The predicted octanol–water partition coefficient (Wildman–Crippen LogP) is 5.11. The van der Waals surface area contributed by atoms with E-state index in [1.165, 1.54) is 23.5 Å². The van der Waals surface area contributed by atoms with Crippen molar-refractivity contribution in [3.8, 4) is 21.7 Å². The van der Waals surface area contributed by atoms with E-state index < -0.39 is 9.71 Å². The second-order valence-corrected chi connectivity index (χ2v) is 8.91. The van der Waals surface area contributed by atoms with Crippen LogP contribution in [-0.2, 0) is 9.71 Å². The summed E-state index contributed by atoms with van der Waals surface area (Å²) in [6, 6.07) is 18.9. The summed E-state index contributed by atoms with van der Waals surface area (Å²) in [4.78, 5) is 10.3. The lowest BCUT2D eigenvalue weighted by atomic mass is 10.1. The Hall–Kier alpha value is -3.03. The first kappa shape index (κ1) is 18.3. The third kappa shape index (κ3) is 3.67. The third-order valence-electron chi connectivity index (χ3n) is 4.12. The number of nitrogens with zero attached hydrogens (tertiary/aromatic N) is 2. The highest BCUT2D eigenvalue weighted by atomic mass is 32.2. The lowest BCUT2D eigenvalue weighted by Gasteiger charge is -2.15. The molecule has 0 fully saturated rings. The minimum Gasteiger partial charge on any atom is -0.293 e. The van der Waals surface area contributed by atoms with Gasteiger partial charge in [-0.1, -0.05) is 18.2 Å². The highest BCUT2D eigenvalue weighted by Gasteiger charge is 2.17. The number of hydrogen-bond donors (Lipinski definition) is 1. The van der Waals surface area contributed by atoms with Crippen LogP contribution in [0, 0.1) is 5.82 Å². The lowest BCUT2D eigenvalue weighted by molar-refractivity contribution is 0.628. The van der Waals surface area contributed by atoms with E-state index in [4.69, 9.17) is 0 Å². The van der Waals surface area contributed by atoms with E-state index in [9.17, 15) is 8.60 Å². The minimum absolute atomic E-state index is 0.302. The molecule has 7 heteroatoms. The zero-order chi connectivity index (χ0) is 19.6. The van der Waals surface area contributed by atoms with Crippen molar-refractivity contribution in [1.82, 2.24) is 9.97 Å². The van der Waals surface area contributed by atoms with Gasteiger partial charge in [0.05, 0.1) is 25.8 Å². The van der Waals surface area contributed by atoms with Crippen LogP contribution in [0.5, 0.6) is 0 Å². The van der Waals surface area contributed by atoms with Crippen molar-refractivity contribution in [2.24, 2.45) is 0 Å². The molecule has 0 amide bonds. The fourth-order valence-corrected chi connectivity index (χ4v) is 4.80. The SMILES string of the molecule is C=S(=O)(Nc1ncccc1-c1scnc1-c1ccc(F)cc1)c1ccccc1. The Bertz CT molecular complexity index is 1200. The maximum absolute atomic E-state index is 13.3. The number of halogens is 1. The summed E-state index contributed by atoms with van der Waals surface area (Å²) in [6.07, 6.45) is 1.63. The summed E-state index contributed by atoms with van der Waals surface area (Å²) >= 11 is 1.44. The zero-order valence-corrected chi connectivity index (χ0v) is 16.3. The lowest BCUT2D eigenvalue weighted by Crippen LogP contribution is -2.14. The van der Waals surface area contributed by atoms with Crippen molar-refractivity contribution >= 4 is 32.7 Å². The van der Waals surface area contributed by atoms with Gasteiger partial charge >= 0.3 is 0 Å². The number of benzene rings is 2. The molecule has 28 heavy (non-hydrogen) atoms. The van der Waals surface area contributed by atoms with Crippen LogP contribution in [0.2, 0.25) is 0 Å². The van der Waals surface area contributed by atoms with Gasteiger partial charge in [-0.05, 0) is 54.4 Å². The number of aromatic nitrogens is 2. The van der Waals surface area contributed by atoms with E-state index in [0.29, 0.717) is 10.7 Å². The van der Waals surface area contributed by atoms with Crippen LogP contribution in [0.3, 0.4) is 0 Å². The van der Waals surface area contributed by atoms with Gasteiger partial charge < -0.3 is 0 Å². The van der Waals surface area contributed by atoms with Gasteiger partial charge in [0.25, 0.3) is 0 Å². The average Bonchev–Trinajstić information content (AvgIpc) is 3.19. The second-order valence-electron chi connectivity index (χ2n) is 6.03. The quantitative estimate of drug-likeness (QED) is 0.466. The van der Waals surface area contributed by atoms with Crippen molar-refractivity contribution in [2.75, 3.05) is 4.72 Å². The Labute approximate surface area is 166 Å². The Morgan fingerprint density at radius 1 is 0.964 bits per heavy atom. The van der Waals surface area contributed by atoms with Gasteiger partial charge in [0.2, 0.25) is 0 Å². The molecule has 0 aliphatic heterocycles. The molecule has 4 nitrogen and oxygen atoms in total. The van der Waals surface area contributed by atoms with E-state index >= 15 is 0 Å². The molecule has 0 aliphatic rings. The van der Waals surface area contributed by atoms with Gasteiger partial charge in [-0.15, -0.1) is 11.3 Å². The van der Waals surface area contributed by atoms with E-state index in [1.807, 2.05) is 30.3 Å². The monoisotopic (exact) mass is 409 g/mol. The molecule has 1 unspecified atom stereocenters. The number of anilines is 1. The van der Waals surface area contributed by atoms with E-state index in [0.717, 1.165) is 21.7 Å². The van der Waals surface area contributed by atoms with Crippen molar-refractivity contribution in [3.63, 3.8) is 0 Å². The predicted molar refractivity (Wildman–Crippen MR) is 114 cm³/mol. The largest absolute Gasteiger partial charge is 0.293 e. The van der Waals surface area contributed by atoms with Gasteiger partial charge in [-0.2, -0.15) is 0 Å². The van der Waals surface area contributed by atoms with Crippen LogP contribution in [0.15, 0.2) is 83.3 Å². The zero-order valence-electron chi connectivity index (χ0n) is 14.7. The number of rotatable bonds is 5. The standard InChI is InChI=1S/C21H16FN3OS2/c1-28(26,17-6-3-2-4-7-17)25-21-18(8-5-13-23-21)20-19(24-14-27-20)15-9-11-16(22)12-10-15/h2-14H,1H2,(H,23,25,26). The Balaban J connectivity index is 1.76. The average molecular weight is 410 g/mol. The molecule has 140 valence electrons. The maximum Gasteiger partial charge on any atom is 0.146 e. The molecule has 2 aromatic carbocycles. The molecule has 0 bridgehead atoms. The summed E-state index contributed by atoms with van der Waals surface area (Å²) in [5.74, 6) is 4.03. The number of nitrogens with one attached hydrogen (secondary N) is 1. The van der Waals surface area contributed by atoms with E-state index in [2.05, 4.69) is 20.6 Å². The molecular weight excluding hydrogens is 393 g/mol. The summed E-state index contributed by atoms with van der Waals surface area (Å²) in [6.45, 7) is 0. The minimum atomic E-state index is -2.79. The van der Waals surface area contributed by atoms with Crippen molar-refractivity contribution < 1.29 is 8.60 Å². The molecule has 1 atom stereocenters. The fraction of sp³-hybridized carbons (Fsp3) is 0. The van der Waals surface area contributed by atoms with Crippen molar-refractivity contribution in [2.45, 2.75) is 4.90 Å². The highest BCUT2D eigenvalue weighted by Crippen LogP contribution is 2.38. The normalized spacial score (nSPS) is 13.0. The summed E-state index contributed by atoms with van der Waals surface area (Å²) < 4.78 is 29.4. The fourth-order valence-electron chi connectivity index (χ4n) is 2.78. The van der Waals surface area contributed by atoms with Gasteiger partial charge in [-0.25, -0.2) is 18.6 Å². The molecule has 2 aromatic heterocycles. The molecule has 2 heterocycles. The number of thiazole rings is 1. The molecule has 0 saturated carbocycles. The molecule has 0 radical (unpaired) electrons. The van der Waals surface area contributed by atoms with E-state index in [-0.39, 0.29) is 5.82 Å². The first-order valence-corrected chi connectivity index (χ1v) is 11.0. The Morgan fingerprint density at radius 3 is 2.46 bits per heavy atom. The number of pyridine rings is 1. The molecule has 0 aliphatic carbocycles. The molecular formula is C21H16FN3OS2. The van der Waals surface area contributed by atoms with Crippen molar-refractivity contribution in [1.29, 1.82) is 0 Å². The van der Waals surface area contributed by atoms with Gasteiger partial charge in [-0.3, -0.25) is 4.72 Å². The maximum atomic E-state index is 13.3. The molecule has 4 aromatic rings. The van der Waals surface area contributed by atoms with Crippen LogP contribution in [0.4, 0.5) is 10.2 Å². The van der Waals surface area contributed by atoms with Crippen molar-refractivity contribution in [3.05, 3.63) is 84.3 Å². The molecule has 0 spiro atoms. The Kier molecular flexibility index (Phi) is 4.93. The highest BCUT2D eigenvalue weighted by molar-refractivity contribution is 8.01. The first-order valence-electron chi connectivity index (χ1n) is 8.39. The van der Waals surface area contributed by atoms with Gasteiger partial charge in [0.1, 0.15) is 11.6 Å². The van der Waals surface area contributed by atoms with Crippen LogP contribution in [0.1, 0.15) is 0 Å². The Morgan fingerprint density at radius 2 is 1.71 bits per heavy atom. The van der Waals surface area contributed by atoms with Crippen LogP contribution < -0.4 is 4.72 Å². The summed E-state index contributed by atoms with van der Waals surface area (Å²) in [7, 11) is -2.79. The number of hydrogen-bond acceptors (Lipinski definition) is 4. The van der Waals surface area contributed by atoms with Crippen LogP contribution in [-0.4, -0.2) is 20.0 Å². The van der Waals surface area contributed by atoms with Gasteiger partial charge in [0, 0.05) is 22.2 Å². The molecule has 4 rings (SSSR count). The summed E-state index contributed by atoms with van der Waals surface area (Å²) in [5.41, 5.74) is 4.00. The second kappa shape index (κ2) is 7.53. The van der Waals surface area contributed by atoms with E-state index in [1.54, 1.807) is 36.0 Å². The van der Waals surface area contributed by atoms with Crippen LogP contribution in [0.25, 0.3) is 21.7 Å².